The Morgan fingerprint density at radius 1 is 0.941 bits per heavy atom. The number of anilines is 1. The molecule has 1 N–H and O–H groups in total. The van der Waals surface area contributed by atoms with Crippen molar-refractivity contribution in [3.8, 4) is 17.2 Å². The van der Waals surface area contributed by atoms with E-state index in [1.54, 1.807) is 43.3 Å². The summed E-state index contributed by atoms with van der Waals surface area (Å²) in [5.74, 6) is 0.933. The standard InChI is InChI=1S/C27H25NO6/c1-4-31-22-14-15-24-23(16-22)17(2)25(34-24)27(30)32-18(3)26(29)28-19-10-12-21(13-11-19)33-20-8-6-5-7-9-20/h5-16,18H,4H2,1-3H3,(H,28,29). The predicted octanol–water partition coefficient (Wildman–Crippen LogP) is 6.12. The summed E-state index contributed by atoms with van der Waals surface area (Å²) >= 11 is 0. The molecule has 0 aliphatic heterocycles. The summed E-state index contributed by atoms with van der Waals surface area (Å²) in [4.78, 5) is 25.2. The Hall–Kier alpha value is -4.26. The highest BCUT2D eigenvalue weighted by molar-refractivity contribution is 5.99. The van der Waals surface area contributed by atoms with E-state index in [9.17, 15) is 9.59 Å². The van der Waals surface area contributed by atoms with Gasteiger partial charge in [0.1, 0.15) is 22.8 Å². The smallest absolute Gasteiger partial charge is 0.375 e. The zero-order chi connectivity index (χ0) is 24.1. The van der Waals surface area contributed by atoms with Gasteiger partial charge in [0.05, 0.1) is 6.61 Å². The van der Waals surface area contributed by atoms with Crippen LogP contribution in [0.15, 0.2) is 77.2 Å². The number of nitrogens with one attached hydrogen (secondary N) is 1. The summed E-state index contributed by atoms with van der Waals surface area (Å²) in [6, 6.07) is 21.6. The molecule has 1 unspecified atom stereocenters. The fourth-order valence-electron chi connectivity index (χ4n) is 3.39. The van der Waals surface area contributed by atoms with Gasteiger partial charge in [0.2, 0.25) is 5.76 Å². The highest BCUT2D eigenvalue weighted by Gasteiger charge is 2.24. The highest BCUT2D eigenvalue weighted by Crippen LogP contribution is 2.29. The van der Waals surface area contributed by atoms with Gasteiger partial charge in [-0.25, -0.2) is 4.79 Å². The van der Waals surface area contributed by atoms with Crippen molar-refractivity contribution in [3.63, 3.8) is 0 Å². The number of para-hydroxylation sites is 1. The second-order valence-electron chi connectivity index (χ2n) is 7.62. The van der Waals surface area contributed by atoms with Crippen molar-refractivity contribution in [1.29, 1.82) is 0 Å². The van der Waals surface area contributed by atoms with Crippen LogP contribution in [-0.2, 0) is 9.53 Å². The Labute approximate surface area is 197 Å². The topological polar surface area (TPSA) is 87.0 Å². The first-order valence-electron chi connectivity index (χ1n) is 11.0. The van der Waals surface area contributed by atoms with E-state index in [2.05, 4.69) is 5.32 Å². The van der Waals surface area contributed by atoms with Crippen LogP contribution in [0.5, 0.6) is 17.2 Å². The number of furan rings is 1. The van der Waals surface area contributed by atoms with Crippen LogP contribution in [0.3, 0.4) is 0 Å². The van der Waals surface area contributed by atoms with Crippen LogP contribution in [0.1, 0.15) is 30.0 Å². The van der Waals surface area contributed by atoms with Crippen LogP contribution in [0, 0.1) is 6.92 Å². The number of esters is 1. The van der Waals surface area contributed by atoms with Gasteiger partial charge in [0, 0.05) is 16.6 Å². The molecular formula is C27H25NO6. The molecule has 0 fully saturated rings. The van der Waals surface area contributed by atoms with Crippen molar-refractivity contribution < 1.29 is 28.2 Å². The lowest BCUT2D eigenvalue weighted by Crippen LogP contribution is -2.30. The van der Waals surface area contributed by atoms with Crippen molar-refractivity contribution in [1.82, 2.24) is 0 Å². The molecule has 0 spiro atoms. The second kappa shape index (κ2) is 10.1. The molecule has 1 heterocycles. The molecule has 1 aromatic heterocycles. The second-order valence-corrected chi connectivity index (χ2v) is 7.62. The molecule has 3 aromatic carbocycles. The SMILES string of the molecule is CCOc1ccc2oc(C(=O)OC(C)C(=O)Nc3ccc(Oc4ccccc4)cc3)c(C)c2c1. The summed E-state index contributed by atoms with van der Waals surface area (Å²) < 4.78 is 22.3. The van der Waals surface area contributed by atoms with E-state index < -0.39 is 18.0 Å². The number of aryl methyl sites for hydroxylation is 1. The van der Waals surface area contributed by atoms with Gasteiger partial charge >= 0.3 is 5.97 Å². The number of carbonyl (C=O) groups is 2. The lowest BCUT2D eigenvalue weighted by Gasteiger charge is -2.13. The largest absolute Gasteiger partial charge is 0.494 e. The fourth-order valence-corrected chi connectivity index (χ4v) is 3.39. The molecule has 1 amide bonds. The number of hydrogen-bond acceptors (Lipinski definition) is 6. The first-order chi connectivity index (χ1) is 16.4. The molecule has 7 nitrogen and oxygen atoms in total. The molecule has 0 aliphatic carbocycles. The minimum absolute atomic E-state index is 0.0608. The van der Waals surface area contributed by atoms with E-state index in [1.165, 1.54) is 6.92 Å². The number of carbonyl (C=O) groups excluding carboxylic acids is 2. The van der Waals surface area contributed by atoms with Crippen LogP contribution in [0.4, 0.5) is 5.69 Å². The third-order valence-electron chi connectivity index (χ3n) is 5.16. The van der Waals surface area contributed by atoms with Gasteiger partial charge in [-0.15, -0.1) is 0 Å². The Morgan fingerprint density at radius 2 is 1.62 bits per heavy atom. The summed E-state index contributed by atoms with van der Waals surface area (Å²) in [6.07, 6.45) is -1.03. The minimum atomic E-state index is -1.03. The first kappa shape index (κ1) is 22.9. The minimum Gasteiger partial charge on any atom is -0.494 e. The van der Waals surface area contributed by atoms with Crippen LogP contribution < -0.4 is 14.8 Å². The van der Waals surface area contributed by atoms with Crippen LogP contribution in [0.25, 0.3) is 11.0 Å². The zero-order valence-electron chi connectivity index (χ0n) is 19.2. The third-order valence-corrected chi connectivity index (χ3v) is 5.16. The quantitative estimate of drug-likeness (QED) is 0.320. The van der Waals surface area contributed by atoms with E-state index >= 15 is 0 Å². The van der Waals surface area contributed by atoms with Gasteiger partial charge in [0.15, 0.2) is 6.10 Å². The highest BCUT2D eigenvalue weighted by atomic mass is 16.6. The Kier molecular flexibility index (Phi) is 6.82. The zero-order valence-corrected chi connectivity index (χ0v) is 19.2. The van der Waals surface area contributed by atoms with Gasteiger partial charge in [-0.3, -0.25) is 4.79 Å². The van der Waals surface area contributed by atoms with Crippen molar-refractivity contribution >= 4 is 28.5 Å². The number of benzene rings is 3. The maximum absolute atomic E-state index is 12.7. The maximum Gasteiger partial charge on any atom is 0.375 e. The normalized spacial score (nSPS) is 11.6. The number of rotatable bonds is 8. The first-order valence-corrected chi connectivity index (χ1v) is 11.0. The van der Waals surface area contributed by atoms with Gasteiger partial charge in [-0.1, -0.05) is 18.2 Å². The predicted molar refractivity (Wildman–Crippen MR) is 129 cm³/mol. The Morgan fingerprint density at radius 3 is 2.32 bits per heavy atom. The van der Waals surface area contributed by atoms with Crippen molar-refractivity contribution in [3.05, 3.63) is 84.1 Å². The lowest BCUT2D eigenvalue weighted by atomic mass is 10.1. The van der Waals surface area contributed by atoms with Crippen molar-refractivity contribution in [2.75, 3.05) is 11.9 Å². The van der Waals surface area contributed by atoms with Crippen molar-refractivity contribution in [2.24, 2.45) is 0 Å². The molecule has 0 aliphatic rings. The average Bonchev–Trinajstić information content (AvgIpc) is 3.17. The number of fused-ring (bicyclic) bond motifs is 1. The van der Waals surface area contributed by atoms with Gasteiger partial charge in [-0.2, -0.15) is 0 Å². The summed E-state index contributed by atoms with van der Waals surface area (Å²) in [7, 11) is 0. The molecule has 0 radical (unpaired) electrons. The molecule has 1 atom stereocenters. The molecule has 7 heteroatoms. The summed E-state index contributed by atoms with van der Waals surface area (Å²) in [6.45, 7) is 5.70. The lowest BCUT2D eigenvalue weighted by molar-refractivity contribution is -0.123. The Balaban J connectivity index is 1.37. The molecule has 0 bridgehead atoms. The molecule has 0 saturated carbocycles. The molecule has 174 valence electrons. The molecule has 0 saturated heterocycles. The number of ether oxygens (including phenoxy) is 3. The third kappa shape index (κ3) is 5.20. The maximum atomic E-state index is 12.7. The van der Waals surface area contributed by atoms with E-state index in [0.717, 1.165) is 11.1 Å². The molecular weight excluding hydrogens is 434 g/mol. The number of hydrogen-bond donors (Lipinski definition) is 1. The monoisotopic (exact) mass is 459 g/mol. The van der Waals surface area contributed by atoms with Crippen LogP contribution in [0.2, 0.25) is 0 Å². The summed E-state index contributed by atoms with van der Waals surface area (Å²) in [5.41, 5.74) is 1.72. The molecule has 34 heavy (non-hydrogen) atoms. The fraction of sp³-hybridized carbons (Fsp3) is 0.185. The van der Waals surface area contributed by atoms with E-state index in [0.29, 0.717) is 34.9 Å². The van der Waals surface area contributed by atoms with Gasteiger partial charge < -0.3 is 23.9 Å². The van der Waals surface area contributed by atoms with E-state index in [1.807, 2.05) is 43.3 Å². The van der Waals surface area contributed by atoms with Gasteiger partial charge in [-0.05, 0) is 75.4 Å². The number of amides is 1. The van der Waals surface area contributed by atoms with Crippen molar-refractivity contribution in [2.45, 2.75) is 26.9 Å². The Bertz CT molecular complexity index is 1290. The molecule has 4 aromatic rings. The van der Waals surface area contributed by atoms with Crippen LogP contribution in [-0.4, -0.2) is 24.6 Å². The average molecular weight is 459 g/mol. The molecule has 4 rings (SSSR count). The van der Waals surface area contributed by atoms with Gasteiger partial charge in [0.25, 0.3) is 5.91 Å². The van der Waals surface area contributed by atoms with E-state index in [4.69, 9.17) is 18.6 Å². The van der Waals surface area contributed by atoms with E-state index in [-0.39, 0.29) is 5.76 Å². The van der Waals surface area contributed by atoms with Crippen LogP contribution >= 0.6 is 0 Å². The summed E-state index contributed by atoms with van der Waals surface area (Å²) in [5, 5.41) is 3.49.